The Labute approximate surface area is 80.3 Å². The van der Waals surface area contributed by atoms with Crippen LogP contribution in [-0.2, 0) is 4.74 Å². The molecule has 14 heavy (non-hydrogen) atoms. The summed E-state index contributed by atoms with van der Waals surface area (Å²) in [7, 11) is 0. The second-order valence-electron chi connectivity index (χ2n) is 2.93. The molecule has 1 fully saturated rings. The first-order valence-electron chi connectivity index (χ1n) is 4.20. The Balaban J connectivity index is 2.17. The van der Waals surface area contributed by atoms with Crippen LogP contribution in [0.25, 0.3) is 0 Å². The van der Waals surface area contributed by atoms with Gasteiger partial charge in [-0.1, -0.05) is 0 Å². The van der Waals surface area contributed by atoms with E-state index in [0.717, 1.165) is 0 Å². The molecule has 74 valence electrons. The van der Waals surface area contributed by atoms with E-state index in [9.17, 15) is 4.79 Å². The van der Waals surface area contributed by atoms with Crippen molar-refractivity contribution in [3.05, 3.63) is 24.0 Å². The van der Waals surface area contributed by atoms with Gasteiger partial charge in [-0.05, 0) is 12.1 Å². The molecule has 1 aliphatic heterocycles. The highest BCUT2D eigenvalue weighted by Gasteiger charge is 2.23. The Morgan fingerprint density at radius 3 is 3.00 bits per heavy atom. The number of rotatable bonds is 3. The van der Waals surface area contributed by atoms with Crippen LogP contribution in [-0.4, -0.2) is 35.4 Å². The topological polar surface area (TPSA) is 68.7 Å². The Bertz CT molecular complexity index is 348. The smallest absolute Gasteiger partial charge is 0.358 e. The van der Waals surface area contributed by atoms with E-state index in [4.69, 9.17) is 14.6 Å². The summed E-state index contributed by atoms with van der Waals surface area (Å²) >= 11 is 0. The zero-order valence-electron chi connectivity index (χ0n) is 7.34. The van der Waals surface area contributed by atoms with Crippen molar-refractivity contribution >= 4 is 5.97 Å². The Morgan fingerprint density at radius 1 is 1.64 bits per heavy atom. The first-order chi connectivity index (χ1) is 6.77. The average molecular weight is 195 g/mol. The quantitative estimate of drug-likeness (QED) is 0.763. The van der Waals surface area contributed by atoms with Crippen LogP contribution in [0.3, 0.4) is 0 Å². The third kappa shape index (κ3) is 1.67. The minimum atomic E-state index is -1.08. The van der Waals surface area contributed by atoms with Crippen molar-refractivity contribution in [2.75, 3.05) is 13.2 Å². The van der Waals surface area contributed by atoms with E-state index in [0.29, 0.717) is 19.0 Å². The molecule has 1 aliphatic rings. The molecule has 0 unspecified atom stereocenters. The second kappa shape index (κ2) is 3.63. The lowest BCUT2D eigenvalue weighted by Crippen LogP contribution is -2.38. The Hall–Kier alpha value is -1.62. The van der Waals surface area contributed by atoms with E-state index in [2.05, 4.69) is 4.98 Å². The van der Waals surface area contributed by atoms with Crippen LogP contribution in [0.5, 0.6) is 5.75 Å². The van der Waals surface area contributed by atoms with Crippen LogP contribution >= 0.6 is 0 Å². The van der Waals surface area contributed by atoms with E-state index < -0.39 is 5.97 Å². The number of hydrogen-bond acceptors (Lipinski definition) is 4. The number of carboxylic acids is 1. The van der Waals surface area contributed by atoms with Crippen LogP contribution in [0.1, 0.15) is 10.5 Å². The lowest BCUT2D eigenvalue weighted by molar-refractivity contribution is -0.0800. The molecular weight excluding hydrogens is 186 g/mol. The molecule has 5 nitrogen and oxygen atoms in total. The molecule has 2 rings (SSSR count). The lowest BCUT2D eigenvalue weighted by Gasteiger charge is -2.26. The molecule has 0 aliphatic carbocycles. The highest BCUT2D eigenvalue weighted by atomic mass is 16.6. The Morgan fingerprint density at radius 2 is 2.43 bits per heavy atom. The summed E-state index contributed by atoms with van der Waals surface area (Å²) in [5.41, 5.74) is -0.0561. The van der Waals surface area contributed by atoms with E-state index in [1.165, 1.54) is 6.20 Å². The number of aromatic carboxylic acids is 1. The summed E-state index contributed by atoms with van der Waals surface area (Å²) in [6.45, 7) is 1.02. The maximum absolute atomic E-state index is 10.7. The highest BCUT2D eigenvalue weighted by molar-refractivity contribution is 5.88. The van der Waals surface area contributed by atoms with Gasteiger partial charge in [-0.25, -0.2) is 9.78 Å². The summed E-state index contributed by atoms with van der Waals surface area (Å²) in [5.74, 6) is -0.783. The number of nitrogens with zero attached hydrogens (tertiary/aromatic N) is 1. The number of carbonyl (C=O) groups is 1. The number of carboxylic acid groups (broad SMARTS) is 1. The fourth-order valence-electron chi connectivity index (χ4n) is 1.11. The van der Waals surface area contributed by atoms with Gasteiger partial charge in [0, 0.05) is 6.20 Å². The Kier molecular flexibility index (Phi) is 2.32. The minimum Gasteiger partial charge on any atom is -0.483 e. The third-order valence-corrected chi connectivity index (χ3v) is 1.87. The lowest BCUT2D eigenvalue weighted by atomic mass is 10.3. The molecule has 0 spiro atoms. The van der Waals surface area contributed by atoms with Crippen molar-refractivity contribution in [3.63, 3.8) is 0 Å². The molecule has 0 aromatic carbocycles. The molecule has 2 heterocycles. The molecule has 1 saturated heterocycles. The molecule has 0 bridgehead atoms. The monoisotopic (exact) mass is 195 g/mol. The van der Waals surface area contributed by atoms with Gasteiger partial charge in [-0.15, -0.1) is 0 Å². The predicted molar refractivity (Wildman–Crippen MR) is 46.4 cm³/mol. The number of ether oxygens (including phenoxy) is 2. The van der Waals surface area contributed by atoms with Crippen LogP contribution < -0.4 is 4.74 Å². The van der Waals surface area contributed by atoms with Gasteiger partial charge in [-0.3, -0.25) is 0 Å². The molecule has 0 saturated carbocycles. The molecule has 1 aromatic heterocycles. The summed E-state index contributed by atoms with van der Waals surface area (Å²) in [6.07, 6.45) is 1.38. The number of hydrogen-bond donors (Lipinski definition) is 1. The second-order valence-corrected chi connectivity index (χ2v) is 2.93. The van der Waals surface area contributed by atoms with Crippen LogP contribution in [0.2, 0.25) is 0 Å². The van der Waals surface area contributed by atoms with Crippen LogP contribution in [0.15, 0.2) is 18.3 Å². The fraction of sp³-hybridized carbons (Fsp3) is 0.333. The average Bonchev–Trinajstić information content (AvgIpc) is 2.12. The highest BCUT2D eigenvalue weighted by Crippen LogP contribution is 2.19. The van der Waals surface area contributed by atoms with E-state index >= 15 is 0 Å². The van der Waals surface area contributed by atoms with Gasteiger partial charge in [0.1, 0.15) is 6.10 Å². The zero-order valence-corrected chi connectivity index (χ0v) is 7.34. The fourth-order valence-corrected chi connectivity index (χ4v) is 1.11. The molecular formula is C9H9NO4. The van der Waals surface area contributed by atoms with Crippen molar-refractivity contribution in [1.29, 1.82) is 0 Å². The SMILES string of the molecule is O=C(O)c1ncccc1OC1COC1. The summed E-state index contributed by atoms with van der Waals surface area (Å²) < 4.78 is 10.3. The van der Waals surface area contributed by atoms with Gasteiger partial charge in [0.2, 0.25) is 0 Å². The van der Waals surface area contributed by atoms with E-state index in [1.54, 1.807) is 12.1 Å². The van der Waals surface area contributed by atoms with Crippen molar-refractivity contribution in [3.8, 4) is 5.75 Å². The van der Waals surface area contributed by atoms with Gasteiger partial charge in [0.05, 0.1) is 13.2 Å². The first-order valence-corrected chi connectivity index (χ1v) is 4.20. The van der Waals surface area contributed by atoms with Crippen molar-refractivity contribution in [2.45, 2.75) is 6.10 Å². The molecule has 0 radical (unpaired) electrons. The van der Waals surface area contributed by atoms with E-state index in [1.807, 2.05) is 0 Å². The summed E-state index contributed by atoms with van der Waals surface area (Å²) in [5, 5.41) is 8.80. The minimum absolute atomic E-state index is 0.0442. The van der Waals surface area contributed by atoms with Gasteiger partial charge >= 0.3 is 5.97 Å². The van der Waals surface area contributed by atoms with Gasteiger partial charge in [0.25, 0.3) is 0 Å². The van der Waals surface area contributed by atoms with Crippen LogP contribution in [0.4, 0.5) is 0 Å². The molecule has 5 heteroatoms. The zero-order chi connectivity index (χ0) is 9.97. The summed E-state index contributed by atoms with van der Waals surface area (Å²) in [4.78, 5) is 14.5. The molecule has 1 aromatic rings. The van der Waals surface area contributed by atoms with Crippen molar-refractivity contribution in [2.24, 2.45) is 0 Å². The molecule has 0 atom stereocenters. The predicted octanol–water partition coefficient (Wildman–Crippen LogP) is 0.557. The van der Waals surface area contributed by atoms with Gasteiger partial charge in [-0.2, -0.15) is 0 Å². The maximum Gasteiger partial charge on any atom is 0.358 e. The largest absolute Gasteiger partial charge is 0.483 e. The summed E-state index contributed by atoms with van der Waals surface area (Å²) in [6, 6.07) is 3.23. The third-order valence-electron chi connectivity index (χ3n) is 1.87. The van der Waals surface area contributed by atoms with Crippen LogP contribution in [0, 0.1) is 0 Å². The van der Waals surface area contributed by atoms with E-state index in [-0.39, 0.29) is 11.8 Å². The molecule has 1 N–H and O–H groups in total. The normalized spacial score (nSPS) is 16.0. The van der Waals surface area contributed by atoms with Gasteiger partial charge in [0.15, 0.2) is 11.4 Å². The first kappa shape index (κ1) is 8.96. The standard InChI is InChI=1S/C9H9NO4/c11-9(12)8-7(2-1-3-10-8)14-6-4-13-5-6/h1-3,6H,4-5H2,(H,11,12). The number of aromatic nitrogens is 1. The number of pyridine rings is 1. The van der Waals surface area contributed by atoms with Gasteiger partial charge < -0.3 is 14.6 Å². The van der Waals surface area contributed by atoms with Crippen molar-refractivity contribution in [1.82, 2.24) is 4.98 Å². The maximum atomic E-state index is 10.7. The molecule has 0 amide bonds. The van der Waals surface area contributed by atoms with Crippen molar-refractivity contribution < 1.29 is 19.4 Å².